The molecule has 0 aromatic heterocycles. The van der Waals surface area contributed by atoms with Crippen LogP contribution in [0.1, 0.15) is 62.1 Å². The van der Waals surface area contributed by atoms with Crippen LogP contribution in [0.2, 0.25) is 0 Å². The first-order valence-electron chi connectivity index (χ1n) is 8.93. The zero-order valence-corrected chi connectivity index (χ0v) is 13.7. The normalized spacial score (nSPS) is 23.6. The van der Waals surface area contributed by atoms with Gasteiger partial charge in [0, 0.05) is 0 Å². The van der Waals surface area contributed by atoms with Gasteiger partial charge >= 0.3 is 0 Å². The van der Waals surface area contributed by atoms with Crippen LogP contribution < -0.4 is 10.2 Å². The molecular weight excluding hydrogens is 272 g/mol. The van der Waals surface area contributed by atoms with Crippen LogP contribution in [-0.4, -0.2) is 25.5 Å². The summed E-state index contributed by atoms with van der Waals surface area (Å²) in [6, 6.07) is 9.46. The summed E-state index contributed by atoms with van der Waals surface area (Å²) in [5.41, 5.74) is 2.74. The fourth-order valence-electron chi connectivity index (χ4n) is 4.14. The van der Waals surface area contributed by atoms with Gasteiger partial charge in [0.1, 0.15) is 0 Å². The van der Waals surface area contributed by atoms with Crippen molar-refractivity contribution in [1.29, 1.82) is 0 Å². The molecule has 2 N–H and O–H groups in total. The molecular formula is C19H29N2O+. The molecule has 0 bridgehead atoms. The Bertz CT molecular complexity index is 508. The minimum Gasteiger partial charge on any atom is -0.344 e. The summed E-state index contributed by atoms with van der Waals surface area (Å²) >= 11 is 0. The highest BCUT2D eigenvalue weighted by atomic mass is 16.2. The van der Waals surface area contributed by atoms with Crippen molar-refractivity contribution in [2.24, 2.45) is 0 Å². The first-order valence-corrected chi connectivity index (χ1v) is 8.93. The van der Waals surface area contributed by atoms with Crippen molar-refractivity contribution in [1.82, 2.24) is 5.32 Å². The van der Waals surface area contributed by atoms with Gasteiger partial charge in [-0.05, 0) is 56.1 Å². The maximum Gasteiger partial charge on any atom is 0.275 e. The molecule has 1 fully saturated rings. The van der Waals surface area contributed by atoms with E-state index in [2.05, 4.69) is 36.6 Å². The van der Waals surface area contributed by atoms with Gasteiger partial charge in [0.15, 0.2) is 6.54 Å². The van der Waals surface area contributed by atoms with Crippen molar-refractivity contribution in [3.8, 4) is 0 Å². The predicted molar refractivity (Wildman–Crippen MR) is 88.9 cm³/mol. The minimum atomic E-state index is 0.213. The Morgan fingerprint density at radius 3 is 2.73 bits per heavy atom. The third kappa shape index (κ3) is 3.70. The largest absolute Gasteiger partial charge is 0.344 e. The predicted octanol–water partition coefficient (Wildman–Crippen LogP) is 2.03. The van der Waals surface area contributed by atoms with E-state index in [9.17, 15) is 4.79 Å². The lowest BCUT2D eigenvalue weighted by Gasteiger charge is -2.30. The molecule has 2 atom stereocenters. The zero-order chi connectivity index (χ0) is 15.4. The van der Waals surface area contributed by atoms with Crippen LogP contribution in [0.25, 0.3) is 0 Å². The Morgan fingerprint density at radius 2 is 1.91 bits per heavy atom. The fraction of sp³-hybridized carbons (Fsp3) is 0.632. The lowest BCUT2D eigenvalue weighted by molar-refractivity contribution is -0.899. The van der Waals surface area contributed by atoms with E-state index in [1.165, 1.54) is 54.6 Å². The van der Waals surface area contributed by atoms with Gasteiger partial charge in [-0.1, -0.05) is 30.7 Å². The maximum absolute atomic E-state index is 12.4. The number of carbonyl (C=O) groups excluding carboxylic acids is 1. The smallest absolute Gasteiger partial charge is 0.275 e. The number of nitrogens with one attached hydrogen (secondary N) is 2. The van der Waals surface area contributed by atoms with E-state index < -0.39 is 0 Å². The molecule has 2 aliphatic carbocycles. The van der Waals surface area contributed by atoms with E-state index in [-0.39, 0.29) is 11.9 Å². The Kier molecular flexibility index (Phi) is 5.14. The monoisotopic (exact) mass is 301 g/mol. The second-order valence-electron chi connectivity index (χ2n) is 7.07. The van der Waals surface area contributed by atoms with Crippen molar-refractivity contribution in [3.05, 3.63) is 35.4 Å². The lowest BCUT2D eigenvalue weighted by Crippen LogP contribution is -3.14. The highest BCUT2D eigenvalue weighted by molar-refractivity contribution is 5.77. The van der Waals surface area contributed by atoms with Crippen molar-refractivity contribution < 1.29 is 9.69 Å². The summed E-state index contributed by atoms with van der Waals surface area (Å²) in [6.07, 6.45) is 10.00. The summed E-state index contributed by atoms with van der Waals surface area (Å²) < 4.78 is 0. The van der Waals surface area contributed by atoms with Crippen LogP contribution in [0.5, 0.6) is 0 Å². The average Bonchev–Trinajstić information content (AvgIpc) is 2.56. The van der Waals surface area contributed by atoms with Gasteiger partial charge in [0.05, 0.1) is 19.1 Å². The number of quaternary nitrogens is 1. The fourth-order valence-corrected chi connectivity index (χ4v) is 4.14. The number of carbonyl (C=O) groups is 1. The Labute approximate surface area is 134 Å². The topological polar surface area (TPSA) is 33.5 Å². The van der Waals surface area contributed by atoms with Crippen LogP contribution in [0.4, 0.5) is 0 Å². The van der Waals surface area contributed by atoms with Gasteiger partial charge in [-0.2, -0.15) is 0 Å². The van der Waals surface area contributed by atoms with Crippen molar-refractivity contribution in [2.75, 3.05) is 13.6 Å². The van der Waals surface area contributed by atoms with Gasteiger partial charge in [-0.3, -0.25) is 4.79 Å². The molecule has 1 unspecified atom stereocenters. The third-order valence-electron chi connectivity index (χ3n) is 5.45. The number of hydrogen-bond donors (Lipinski definition) is 2. The van der Waals surface area contributed by atoms with Crippen LogP contribution in [-0.2, 0) is 11.2 Å². The van der Waals surface area contributed by atoms with Crippen molar-refractivity contribution in [3.63, 3.8) is 0 Å². The number of fused-ring (bicyclic) bond motifs is 1. The molecule has 3 nitrogen and oxygen atoms in total. The summed E-state index contributed by atoms with van der Waals surface area (Å²) in [6.45, 7) is 0.614. The van der Waals surface area contributed by atoms with Gasteiger partial charge in [0.25, 0.3) is 5.91 Å². The van der Waals surface area contributed by atoms with E-state index >= 15 is 0 Å². The number of likely N-dealkylation sites (N-methyl/N-ethyl adjacent to an activating group) is 1. The van der Waals surface area contributed by atoms with E-state index in [4.69, 9.17) is 0 Å². The second kappa shape index (κ2) is 7.28. The Morgan fingerprint density at radius 1 is 1.14 bits per heavy atom. The molecule has 3 heteroatoms. The number of aryl methyl sites for hydroxylation is 1. The molecule has 1 aromatic carbocycles. The molecule has 22 heavy (non-hydrogen) atoms. The molecule has 0 aliphatic heterocycles. The molecule has 0 heterocycles. The van der Waals surface area contributed by atoms with Crippen LogP contribution >= 0.6 is 0 Å². The van der Waals surface area contributed by atoms with E-state index in [1.54, 1.807) is 0 Å². The quantitative estimate of drug-likeness (QED) is 0.876. The van der Waals surface area contributed by atoms with Gasteiger partial charge in [-0.15, -0.1) is 0 Å². The Hall–Kier alpha value is -1.35. The molecule has 1 saturated carbocycles. The molecule has 0 saturated heterocycles. The molecule has 2 aliphatic rings. The highest BCUT2D eigenvalue weighted by Gasteiger charge is 2.26. The molecule has 3 rings (SSSR count). The van der Waals surface area contributed by atoms with Crippen LogP contribution in [0.3, 0.4) is 0 Å². The first-order chi connectivity index (χ1) is 10.7. The number of rotatable bonds is 4. The molecule has 1 amide bonds. The first kappa shape index (κ1) is 15.5. The number of amides is 1. The van der Waals surface area contributed by atoms with Crippen LogP contribution in [0.15, 0.2) is 24.3 Å². The Balaban J connectivity index is 1.56. The number of hydrogen-bond acceptors (Lipinski definition) is 1. The van der Waals surface area contributed by atoms with Crippen LogP contribution in [0, 0.1) is 0 Å². The highest BCUT2D eigenvalue weighted by Crippen LogP contribution is 2.29. The summed E-state index contributed by atoms with van der Waals surface area (Å²) in [5, 5.41) is 3.29. The van der Waals surface area contributed by atoms with E-state index in [1.807, 2.05) is 0 Å². The average molecular weight is 301 g/mol. The second-order valence-corrected chi connectivity index (χ2v) is 7.07. The maximum atomic E-state index is 12.4. The molecule has 0 radical (unpaired) electrons. The summed E-state index contributed by atoms with van der Waals surface area (Å²) in [7, 11) is 2.18. The molecule has 1 aromatic rings. The molecule has 120 valence electrons. The third-order valence-corrected chi connectivity index (χ3v) is 5.45. The summed E-state index contributed by atoms with van der Waals surface area (Å²) in [4.78, 5) is 13.8. The van der Waals surface area contributed by atoms with Crippen molar-refractivity contribution in [2.45, 2.75) is 63.5 Å². The van der Waals surface area contributed by atoms with Gasteiger partial charge in [0.2, 0.25) is 0 Å². The van der Waals surface area contributed by atoms with Gasteiger partial charge < -0.3 is 10.2 Å². The van der Waals surface area contributed by atoms with E-state index in [0.29, 0.717) is 12.6 Å². The zero-order valence-electron chi connectivity index (χ0n) is 13.7. The summed E-state index contributed by atoms with van der Waals surface area (Å²) in [5.74, 6) is 0.213. The SMILES string of the molecule is C[NH+](CC(=O)N[C@@H]1CCCc2ccccc21)C1CCCCC1. The van der Waals surface area contributed by atoms with Gasteiger partial charge in [-0.25, -0.2) is 0 Å². The van der Waals surface area contributed by atoms with Crippen molar-refractivity contribution >= 4 is 5.91 Å². The van der Waals surface area contributed by atoms with E-state index in [0.717, 1.165) is 12.8 Å². The standard InChI is InChI=1S/C19H28N2O/c1-21(16-10-3-2-4-11-16)14-19(22)20-18-13-7-9-15-8-5-6-12-17(15)18/h5-6,8,12,16,18H,2-4,7,9-11,13-14H2,1H3,(H,20,22)/p+1/t18-/m1/s1. The minimum absolute atomic E-state index is 0.213. The molecule has 0 spiro atoms. The number of benzene rings is 1. The lowest BCUT2D eigenvalue weighted by atomic mass is 9.88.